The summed E-state index contributed by atoms with van der Waals surface area (Å²) in [6.07, 6.45) is 0. The number of benzene rings is 8. The van der Waals surface area contributed by atoms with Gasteiger partial charge >= 0.3 is 0 Å². The lowest BCUT2D eigenvalue weighted by atomic mass is 10.0. The van der Waals surface area contributed by atoms with E-state index in [1.54, 1.807) is 0 Å². The summed E-state index contributed by atoms with van der Waals surface area (Å²) in [7, 11) is 0. The van der Waals surface area contributed by atoms with Gasteiger partial charge in [-0.25, -0.2) is 4.85 Å². The smallest absolute Gasteiger partial charge is 0.230 e. The first-order valence-electron chi connectivity index (χ1n) is 17.7. The third-order valence-electron chi connectivity index (χ3n) is 10.6. The Bertz CT molecular complexity index is 3190. The average Bonchev–Trinajstić information content (AvgIpc) is 3.90. The number of furan rings is 1. The van der Waals surface area contributed by atoms with E-state index in [9.17, 15) is 0 Å². The number of thiophene rings is 1. The molecule has 0 amide bonds. The summed E-state index contributed by atoms with van der Waals surface area (Å²) in [5.74, 6) is 0. The second kappa shape index (κ2) is 11.5. The summed E-state index contributed by atoms with van der Waals surface area (Å²) in [5.41, 5.74) is 11.9. The average molecular weight is 693 g/mol. The van der Waals surface area contributed by atoms with Crippen LogP contribution in [0.3, 0.4) is 0 Å². The standard InChI is InChI=1S/C49H28N2OS/c1-50-42-28-35(34-19-22-37-36-15-8-9-18-46(36)53-47(37)29-34)27-41-38-16-10-17-45(49(38)52-48(41)42)51-43-23-20-32(30-11-4-2-5-12-30)25-39(43)40-26-33(21-24-44(40)51)31-13-6-3-7-14-31/h2-29H. The molecule has 0 aliphatic rings. The van der Waals surface area contributed by atoms with Crippen LogP contribution >= 0.6 is 11.3 Å². The third-order valence-corrected chi connectivity index (χ3v) is 11.7. The molecule has 0 fully saturated rings. The van der Waals surface area contributed by atoms with Gasteiger partial charge in [-0.15, -0.1) is 11.3 Å². The van der Waals surface area contributed by atoms with Gasteiger partial charge in [0.25, 0.3) is 0 Å². The molecule has 11 rings (SSSR count). The lowest BCUT2D eigenvalue weighted by Gasteiger charge is -2.09. The molecular formula is C49H28N2OS. The summed E-state index contributed by atoms with van der Waals surface area (Å²) < 4.78 is 11.6. The Kier molecular flexibility index (Phi) is 6.48. The van der Waals surface area contributed by atoms with Crippen molar-refractivity contribution in [2.75, 3.05) is 0 Å². The van der Waals surface area contributed by atoms with Crippen molar-refractivity contribution < 1.29 is 4.42 Å². The van der Waals surface area contributed by atoms with Crippen molar-refractivity contribution in [1.29, 1.82) is 0 Å². The Morgan fingerprint density at radius 3 is 1.70 bits per heavy atom. The highest BCUT2D eigenvalue weighted by Gasteiger charge is 2.21. The first-order chi connectivity index (χ1) is 26.2. The van der Waals surface area contributed by atoms with Crippen LogP contribution in [0.15, 0.2) is 174 Å². The van der Waals surface area contributed by atoms with E-state index in [-0.39, 0.29) is 0 Å². The number of aromatic nitrogens is 1. The van der Waals surface area contributed by atoms with E-state index < -0.39 is 0 Å². The topological polar surface area (TPSA) is 22.4 Å². The molecule has 53 heavy (non-hydrogen) atoms. The lowest BCUT2D eigenvalue weighted by Crippen LogP contribution is -1.94. The minimum Gasteiger partial charge on any atom is -0.465 e. The maximum atomic E-state index is 8.22. The third kappa shape index (κ3) is 4.58. The molecule has 3 aromatic heterocycles. The molecule has 246 valence electrons. The predicted molar refractivity (Wildman–Crippen MR) is 224 cm³/mol. The monoisotopic (exact) mass is 692 g/mol. The molecule has 0 bridgehead atoms. The quantitative estimate of drug-likeness (QED) is 0.168. The number of hydrogen-bond donors (Lipinski definition) is 0. The molecule has 8 aromatic carbocycles. The number of hydrogen-bond acceptors (Lipinski definition) is 2. The summed E-state index contributed by atoms with van der Waals surface area (Å²) in [4.78, 5) is 4.00. The molecule has 0 unspecified atom stereocenters. The molecule has 0 spiro atoms. The molecule has 0 saturated heterocycles. The molecule has 0 saturated carbocycles. The summed E-state index contributed by atoms with van der Waals surface area (Å²) in [5, 5.41) is 6.82. The van der Waals surface area contributed by atoms with Gasteiger partial charge in [-0.1, -0.05) is 115 Å². The largest absolute Gasteiger partial charge is 0.465 e. The molecule has 11 aromatic rings. The van der Waals surface area contributed by atoms with Crippen LogP contribution in [0.4, 0.5) is 5.69 Å². The fourth-order valence-corrected chi connectivity index (χ4v) is 9.25. The molecule has 3 nitrogen and oxygen atoms in total. The normalized spacial score (nSPS) is 11.8. The zero-order chi connectivity index (χ0) is 35.0. The highest BCUT2D eigenvalue weighted by molar-refractivity contribution is 7.25. The van der Waals surface area contributed by atoms with E-state index >= 15 is 0 Å². The Morgan fingerprint density at radius 2 is 1.00 bits per heavy atom. The minimum atomic E-state index is 0.512. The van der Waals surface area contributed by atoms with E-state index in [0.29, 0.717) is 11.3 Å². The molecule has 0 radical (unpaired) electrons. The van der Waals surface area contributed by atoms with Gasteiger partial charge in [0.2, 0.25) is 5.69 Å². The minimum absolute atomic E-state index is 0.512. The Balaban J connectivity index is 1.14. The van der Waals surface area contributed by atoms with Crippen LogP contribution in [0.2, 0.25) is 0 Å². The second-order valence-corrected chi connectivity index (χ2v) is 14.7. The van der Waals surface area contributed by atoms with Crippen LogP contribution in [0.25, 0.3) is 108 Å². The van der Waals surface area contributed by atoms with Crippen LogP contribution in [-0.4, -0.2) is 4.57 Å². The number of para-hydroxylation sites is 1. The van der Waals surface area contributed by atoms with E-state index in [2.05, 4.69) is 173 Å². The zero-order valence-corrected chi connectivity index (χ0v) is 29.2. The highest BCUT2D eigenvalue weighted by Crippen LogP contribution is 2.44. The zero-order valence-electron chi connectivity index (χ0n) is 28.4. The van der Waals surface area contributed by atoms with Crippen LogP contribution in [0.1, 0.15) is 0 Å². The molecule has 4 heteroatoms. The molecule has 0 aliphatic heterocycles. The van der Waals surface area contributed by atoms with Gasteiger partial charge in [-0.05, 0) is 88.0 Å². The van der Waals surface area contributed by atoms with Crippen LogP contribution in [-0.2, 0) is 0 Å². The van der Waals surface area contributed by atoms with Crippen molar-refractivity contribution in [3.05, 3.63) is 181 Å². The van der Waals surface area contributed by atoms with Gasteiger partial charge in [0.05, 0.1) is 23.3 Å². The molecule has 0 N–H and O–H groups in total. The van der Waals surface area contributed by atoms with Crippen molar-refractivity contribution in [3.63, 3.8) is 0 Å². The molecular weight excluding hydrogens is 665 g/mol. The van der Waals surface area contributed by atoms with E-state index in [4.69, 9.17) is 11.0 Å². The van der Waals surface area contributed by atoms with Gasteiger partial charge in [-0.2, -0.15) is 0 Å². The van der Waals surface area contributed by atoms with Gasteiger partial charge in [0, 0.05) is 41.7 Å². The lowest BCUT2D eigenvalue weighted by molar-refractivity contribution is 0.668. The van der Waals surface area contributed by atoms with Crippen LogP contribution in [0.5, 0.6) is 0 Å². The first kappa shape index (κ1) is 29.8. The van der Waals surface area contributed by atoms with Gasteiger partial charge in [-0.3, -0.25) is 0 Å². The van der Waals surface area contributed by atoms with Gasteiger partial charge < -0.3 is 8.98 Å². The van der Waals surface area contributed by atoms with Crippen LogP contribution in [0, 0.1) is 6.57 Å². The van der Waals surface area contributed by atoms with E-state index in [1.807, 2.05) is 17.4 Å². The number of fused-ring (bicyclic) bond motifs is 9. The first-order valence-corrected chi connectivity index (χ1v) is 18.5. The maximum absolute atomic E-state index is 8.22. The van der Waals surface area contributed by atoms with Crippen LogP contribution < -0.4 is 0 Å². The maximum Gasteiger partial charge on any atom is 0.230 e. The van der Waals surface area contributed by atoms with Crippen molar-refractivity contribution >= 4 is 80.9 Å². The SMILES string of the molecule is [C-]#[N+]c1cc(-c2ccc3c(c2)sc2ccccc23)cc2c1oc1c(-n3c4ccc(-c5ccccc5)cc4c4cc(-c5ccccc5)ccc43)cccc12. The van der Waals surface area contributed by atoms with Crippen molar-refractivity contribution in [2.24, 2.45) is 0 Å². The van der Waals surface area contributed by atoms with Crippen molar-refractivity contribution in [1.82, 2.24) is 4.57 Å². The van der Waals surface area contributed by atoms with E-state index in [0.717, 1.165) is 44.2 Å². The summed E-state index contributed by atoms with van der Waals surface area (Å²) in [6.45, 7) is 8.22. The fourth-order valence-electron chi connectivity index (χ4n) is 8.10. The Labute approximate surface area is 309 Å². The predicted octanol–water partition coefficient (Wildman–Crippen LogP) is 14.6. The Morgan fingerprint density at radius 1 is 0.415 bits per heavy atom. The Hall–Kier alpha value is -6.93. The molecule has 0 aliphatic carbocycles. The van der Waals surface area contributed by atoms with Gasteiger partial charge in [0.15, 0.2) is 5.58 Å². The summed E-state index contributed by atoms with van der Waals surface area (Å²) >= 11 is 1.81. The summed E-state index contributed by atoms with van der Waals surface area (Å²) in [6, 6.07) is 60.3. The van der Waals surface area contributed by atoms with Gasteiger partial charge in [0.1, 0.15) is 5.58 Å². The van der Waals surface area contributed by atoms with Crippen molar-refractivity contribution in [3.8, 4) is 39.1 Å². The molecule has 0 atom stereocenters. The number of rotatable bonds is 4. The van der Waals surface area contributed by atoms with Crippen molar-refractivity contribution in [2.45, 2.75) is 0 Å². The van der Waals surface area contributed by atoms with E-state index in [1.165, 1.54) is 53.2 Å². The number of nitrogens with zero attached hydrogens (tertiary/aromatic N) is 2. The second-order valence-electron chi connectivity index (χ2n) is 13.6. The molecule has 3 heterocycles. The fraction of sp³-hybridized carbons (Fsp3) is 0. The highest BCUT2D eigenvalue weighted by atomic mass is 32.1.